The maximum absolute atomic E-state index is 12.3. The lowest BCUT2D eigenvalue weighted by Crippen LogP contribution is -2.37. The van der Waals surface area contributed by atoms with Crippen LogP contribution in [-0.2, 0) is 21.4 Å². The molecular weight excluding hydrogens is 312 g/mol. The second-order valence-electron chi connectivity index (χ2n) is 6.13. The lowest BCUT2D eigenvalue weighted by atomic mass is 10.2. The van der Waals surface area contributed by atoms with Gasteiger partial charge in [-0.15, -0.1) is 0 Å². The van der Waals surface area contributed by atoms with Crippen molar-refractivity contribution in [1.82, 2.24) is 9.21 Å². The molecule has 1 heterocycles. The summed E-state index contributed by atoms with van der Waals surface area (Å²) >= 11 is 0. The Morgan fingerprint density at radius 3 is 2.26 bits per heavy atom. The molecule has 1 aromatic rings. The Labute approximate surface area is 139 Å². The topological polar surface area (TPSA) is 57.7 Å². The van der Waals surface area contributed by atoms with E-state index in [-0.39, 0.29) is 18.9 Å². The van der Waals surface area contributed by atoms with Gasteiger partial charge in [-0.25, -0.2) is 8.42 Å². The van der Waals surface area contributed by atoms with Gasteiger partial charge in [0.2, 0.25) is 15.9 Å². The van der Waals surface area contributed by atoms with Crippen LogP contribution in [0.1, 0.15) is 37.7 Å². The van der Waals surface area contributed by atoms with Crippen LogP contribution in [0.4, 0.5) is 0 Å². The van der Waals surface area contributed by atoms with Crippen LogP contribution in [0.15, 0.2) is 30.3 Å². The average molecular weight is 338 g/mol. The van der Waals surface area contributed by atoms with Gasteiger partial charge in [-0.3, -0.25) is 4.79 Å². The molecule has 1 fully saturated rings. The SMILES string of the molecule is CS(=O)(=O)N(CCC(=O)N1CCCCCC1)Cc1ccccc1. The second kappa shape index (κ2) is 8.45. The van der Waals surface area contributed by atoms with Crippen LogP contribution in [-0.4, -0.2) is 49.4 Å². The molecule has 0 spiro atoms. The van der Waals surface area contributed by atoms with Crippen LogP contribution < -0.4 is 0 Å². The van der Waals surface area contributed by atoms with Gasteiger partial charge in [0.25, 0.3) is 0 Å². The molecule has 128 valence electrons. The molecule has 1 saturated heterocycles. The lowest BCUT2D eigenvalue weighted by molar-refractivity contribution is -0.131. The minimum Gasteiger partial charge on any atom is -0.343 e. The highest BCUT2D eigenvalue weighted by Gasteiger charge is 2.21. The van der Waals surface area contributed by atoms with Crippen molar-refractivity contribution in [3.05, 3.63) is 35.9 Å². The van der Waals surface area contributed by atoms with E-state index in [1.807, 2.05) is 35.2 Å². The molecule has 6 heteroatoms. The van der Waals surface area contributed by atoms with E-state index >= 15 is 0 Å². The van der Waals surface area contributed by atoms with Crippen molar-refractivity contribution >= 4 is 15.9 Å². The number of likely N-dealkylation sites (tertiary alicyclic amines) is 1. The highest BCUT2D eigenvalue weighted by atomic mass is 32.2. The van der Waals surface area contributed by atoms with Crippen molar-refractivity contribution in [3.63, 3.8) is 0 Å². The Morgan fingerprint density at radius 1 is 1.09 bits per heavy atom. The molecule has 23 heavy (non-hydrogen) atoms. The second-order valence-corrected chi connectivity index (χ2v) is 8.11. The van der Waals surface area contributed by atoms with Gasteiger partial charge in [-0.1, -0.05) is 43.2 Å². The largest absolute Gasteiger partial charge is 0.343 e. The van der Waals surface area contributed by atoms with Crippen molar-refractivity contribution < 1.29 is 13.2 Å². The quantitative estimate of drug-likeness (QED) is 0.799. The fraction of sp³-hybridized carbons (Fsp3) is 0.588. The first kappa shape index (κ1) is 17.9. The Kier molecular flexibility index (Phi) is 6.59. The number of hydrogen-bond acceptors (Lipinski definition) is 3. The summed E-state index contributed by atoms with van der Waals surface area (Å²) in [6.07, 6.45) is 5.89. The molecule has 0 radical (unpaired) electrons. The van der Waals surface area contributed by atoms with Crippen molar-refractivity contribution in [1.29, 1.82) is 0 Å². The fourth-order valence-electron chi connectivity index (χ4n) is 2.85. The predicted octanol–water partition coefficient (Wildman–Crippen LogP) is 2.24. The highest BCUT2D eigenvalue weighted by Crippen LogP contribution is 2.13. The molecule has 5 nitrogen and oxygen atoms in total. The normalized spacial score (nSPS) is 16.3. The minimum absolute atomic E-state index is 0.0635. The van der Waals surface area contributed by atoms with Crippen molar-refractivity contribution in [2.24, 2.45) is 0 Å². The van der Waals surface area contributed by atoms with Crippen molar-refractivity contribution in [3.8, 4) is 0 Å². The summed E-state index contributed by atoms with van der Waals surface area (Å²) in [5.41, 5.74) is 0.931. The van der Waals surface area contributed by atoms with Crippen LogP contribution in [0.2, 0.25) is 0 Å². The van der Waals surface area contributed by atoms with Crippen molar-refractivity contribution in [2.45, 2.75) is 38.6 Å². The van der Waals surface area contributed by atoms with E-state index in [4.69, 9.17) is 0 Å². The first-order valence-corrected chi connectivity index (χ1v) is 10.1. The first-order chi connectivity index (χ1) is 11.0. The third kappa shape index (κ3) is 5.95. The van der Waals surface area contributed by atoms with Crippen molar-refractivity contribution in [2.75, 3.05) is 25.9 Å². The molecule has 0 N–H and O–H groups in total. The summed E-state index contributed by atoms with van der Waals surface area (Å²) in [6, 6.07) is 9.47. The Balaban J connectivity index is 1.94. The molecule has 1 aromatic carbocycles. The summed E-state index contributed by atoms with van der Waals surface area (Å²) in [7, 11) is -3.33. The summed E-state index contributed by atoms with van der Waals surface area (Å²) in [5.74, 6) is 0.0635. The molecule has 0 bridgehead atoms. The maximum atomic E-state index is 12.3. The number of amides is 1. The fourth-order valence-corrected chi connectivity index (χ4v) is 3.65. The van der Waals surface area contributed by atoms with Gasteiger partial charge in [-0.05, 0) is 18.4 Å². The summed E-state index contributed by atoms with van der Waals surface area (Å²) in [6.45, 7) is 2.16. The smallest absolute Gasteiger partial charge is 0.223 e. The van der Waals surface area contributed by atoms with E-state index < -0.39 is 10.0 Å². The summed E-state index contributed by atoms with van der Waals surface area (Å²) in [4.78, 5) is 14.2. The van der Waals surface area contributed by atoms with E-state index in [2.05, 4.69) is 0 Å². The first-order valence-electron chi connectivity index (χ1n) is 8.23. The predicted molar refractivity (Wildman–Crippen MR) is 91.4 cm³/mol. The third-order valence-corrected chi connectivity index (χ3v) is 5.45. The van der Waals surface area contributed by atoms with Crippen LogP contribution in [0.5, 0.6) is 0 Å². The molecule has 0 unspecified atom stereocenters. The molecular formula is C17H26N2O3S. The van der Waals surface area contributed by atoms with Gasteiger partial charge in [0.1, 0.15) is 0 Å². The standard InChI is InChI=1S/C17H26N2O3S/c1-23(21,22)19(15-16-9-5-4-6-10-16)14-11-17(20)18-12-7-2-3-8-13-18/h4-6,9-10H,2-3,7-8,11-15H2,1H3. The third-order valence-electron chi connectivity index (χ3n) is 4.20. The van der Waals surface area contributed by atoms with Crippen LogP contribution in [0, 0.1) is 0 Å². The molecule has 2 rings (SSSR count). The zero-order valence-corrected chi connectivity index (χ0v) is 14.6. The molecule has 1 aliphatic heterocycles. The van der Waals surface area contributed by atoms with E-state index in [0.29, 0.717) is 6.54 Å². The highest BCUT2D eigenvalue weighted by molar-refractivity contribution is 7.88. The van der Waals surface area contributed by atoms with E-state index in [0.717, 1.165) is 31.5 Å². The maximum Gasteiger partial charge on any atom is 0.223 e. The van der Waals surface area contributed by atoms with E-state index in [9.17, 15) is 13.2 Å². The van der Waals surface area contributed by atoms with Gasteiger partial charge >= 0.3 is 0 Å². The number of hydrogen-bond donors (Lipinski definition) is 0. The van der Waals surface area contributed by atoms with Gasteiger partial charge in [0.05, 0.1) is 6.26 Å². The van der Waals surface area contributed by atoms with Crippen LogP contribution in [0.25, 0.3) is 0 Å². The van der Waals surface area contributed by atoms with Gasteiger partial charge in [0, 0.05) is 32.6 Å². The van der Waals surface area contributed by atoms with E-state index in [1.54, 1.807) is 0 Å². The molecule has 0 aromatic heterocycles. The van der Waals surface area contributed by atoms with E-state index in [1.165, 1.54) is 23.4 Å². The number of benzene rings is 1. The molecule has 1 amide bonds. The average Bonchev–Trinajstić information content (AvgIpc) is 2.80. The summed E-state index contributed by atoms with van der Waals surface area (Å²) < 4.78 is 25.3. The van der Waals surface area contributed by atoms with Crippen LogP contribution in [0.3, 0.4) is 0 Å². The molecule has 1 aliphatic rings. The Morgan fingerprint density at radius 2 is 1.70 bits per heavy atom. The minimum atomic E-state index is -3.33. The monoisotopic (exact) mass is 338 g/mol. The number of carbonyl (C=O) groups excluding carboxylic acids is 1. The Hall–Kier alpha value is -1.40. The molecule has 0 saturated carbocycles. The van der Waals surface area contributed by atoms with Gasteiger partial charge in [0.15, 0.2) is 0 Å². The lowest BCUT2D eigenvalue weighted by Gasteiger charge is -2.23. The number of rotatable bonds is 6. The molecule has 0 atom stereocenters. The summed E-state index contributed by atoms with van der Waals surface area (Å²) in [5, 5.41) is 0. The number of nitrogens with zero attached hydrogens (tertiary/aromatic N) is 2. The van der Waals surface area contributed by atoms with Gasteiger partial charge < -0.3 is 4.90 Å². The van der Waals surface area contributed by atoms with Gasteiger partial charge in [-0.2, -0.15) is 4.31 Å². The van der Waals surface area contributed by atoms with Crippen LogP contribution >= 0.6 is 0 Å². The number of sulfonamides is 1. The zero-order valence-electron chi connectivity index (χ0n) is 13.8. The zero-order chi connectivity index (χ0) is 16.7. The molecule has 0 aliphatic carbocycles. The Bertz CT molecular complexity index is 594. The number of carbonyl (C=O) groups is 1.